The average Bonchev–Trinajstić information content (AvgIpc) is 2.32. The number of hydrogen-bond acceptors (Lipinski definition) is 2. The SMILES string of the molecule is Cc1ccc(OCc2ccc(N)c(F)c2)c(C)c1. The Hall–Kier alpha value is -2.03. The number of nitrogen functional groups attached to an aromatic ring is 1. The van der Waals surface area contributed by atoms with Crippen LogP contribution in [0.3, 0.4) is 0 Å². The van der Waals surface area contributed by atoms with Crippen molar-refractivity contribution in [2.24, 2.45) is 0 Å². The number of halogens is 1. The van der Waals surface area contributed by atoms with E-state index in [4.69, 9.17) is 10.5 Å². The van der Waals surface area contributed by atoms with E-state index >= 15 is 0 Å². The molecule has 0 unspecified atom stereocenters. The summed E-state index contributed by atoms with van der Waals surface area (Å²) in [5.74, 6) is 0.412. The Kier molecular flexibility index (Phi) is 3.51. The first-order valence-electron chi connectivity index (χ1n) is 5.80. The normalized spacial score (nSPS) is 10.4. The molecule has 0 saturated heterocycles. The van der Waals surface area contributed by atoms with Crippen molar-refractivity contribution in [3.05, 3.63) is 58.9 Å². The highest BCUT2D eigenvalue weighted by molar-refractivity contribution is 5.41. The van der Waals surface area contributed by atoms with Crippen molar-refractivity contribution < 1.29 is 9.13 Å². The molecule has 2 aromatic carbocycles. The van der Waals surface area contributed by atoms with Crippen LogP contribution in [-0.4, -0.2) is 0 Å². The maximum Gasteiger partial charge on any atom is 0.146 e. The van der Waals surface area contributed by atoms with Gasteiger partial charge >= 0.3 is 0 Å². The predicted octanol–water partition coefficient (Wildman–Crippen LogP) is 3.60. The lowest BCUT2D eigenvalue weighted by atomic mass is 10.1. The van der Waals surface area contributed by atoms with Crippen molar-refractivity contribution >= 4 is 5.69 Å². The summed E-state index contributed by atoms with van der Waals surface area (Å²) in [5, 5.41) is 0. The van der Waals surface area contributed by atoms with Gasteiger partial charge < -0.3 is 10.5 Å². The Bertz CT molecular complexity index is 566. The summed E-state index contributed by atoms with van der Waals surface area (Å²) in [4.78, 5) is 0. The number of rotatable bonds is 3. The molecule has 0 spiro atoms. The third kappa shape index (κ3) is 2.80. The minimum absolute atomic E-state index is 0.158. The van der Waals surface area contributed by atoms with E-state index in [0.29, 0.717) is 6.61 Å². The van der Waals surface area contributed by atoms with E-state index in [2.05, 4.69) is 6.07 Å². The molecule has 0 aliphatic carbocycles. The first-order chi connectivity index (χ1) is 8.56. The lowest BCUT2D eigenvalue weighted by molar-refractivity contribution is 0.303. The van der Waals surface area contributed by atoms with E-state index in [-0.39, 0.29) is 5.69 Å². The number of nitrogens with two attached hydrogens (primary N) is 1. The number of benzene rings is 2. The lowest BCUT2D eigenvalue weighted by Crippen LogP contribution is -1.99. The van der Waals surface area contributed by atoms with Crippen LogP contribution in [-0.2, 0) is 6.61 Å². The standard InChI is InChI=1S/C15H16FNO/c1-10-3-6-15(11(2)7-10)18-9-12-4-5-14(17)13(16)8-12/h3-8H,9,17H2,1-2H3. The quantitative estimate of drug-likeness (QED) is 0.838. The fourth-order valence-corrected chi connectivity index (χ4v) is 1.78. The molecule has 2 N–H and O–H groups in total. The molecule has 0 atom stereocenters. The largest absolute Gasteiger partial charge is 0.489 e. The van der Waals surface area contributed by atoms with Crippen LogP contribution < -0.4 is 10.5 Å². The summed E-state index contributed by atoms with van der Waals surface area (Å²) in [6, 6.07) is 10.7. The van der Waals surface area contributed by atoms with Crippen molar-refractivity contribution in [3.63, 3.8) is 0 Å². The zero-order chi connectivity index (χ0) is 13.1. The first kappa shape index (κ1) is 12.4. The minimum Gasteiger partial charge on any atom is -0.489 e. The maximum absolute atomic E-state index is 13.3. The molecule has 2 nitrogen and oxygen atoms in total. The molecule has 0 amide bonds. The molecule has 0 aliphatic heterocycles. The van der Waals surface area contributed by atoms with Crippen molar-refractivity contribution in [1.29, 1.82) is 0 Å². The third-order valence-corrected chi connectivity index (χ3v) is 2.79. The lowest BCUT2D eigenvalue weighted by Gasteiger charge is -2.10. The summed E-state index contributed by atoms with van der Waals surface area (Å²) in [6.45, 7) is 4.36. The van der Waals surface area contributed by atoms with Gasteiger partial charge in [0.25, 0.3) is 0 Å². The highest BCUT2D eigenvalue weighted by Gasteiger charge is 2.03. The smallest absolute Gasteiger partial charge is 0.146 e. The molecular formula is C15H16FNO. The molecule has 0 aromatic heterocycles. The molecule has 94 valence electrons. The van der Waals surface area contributed by atoms with Crippen LogP contribution in [0, 0.1) is 19.7 Å². The first-order valence-corrected chi connectivity index (χ1v) is 5.80. The van der Waals surface area contributed by atoms with Crippen LogP contribution in [0.15, 0.2) is 36.4 Å². The fourth-order valence-electron chi connectivity index (χ4n) is 1.78. The van der Waals surface area contributed by atoms with Gasteiger partial charge in [0.15, 0.2) is 0 Å². The average molecular weight is 245 g/mol. The number of ether oxygens (including phenoxy) is 1. The van der Waals surface area contributed by atoms with Gasteiger partial charge in [-0.15, -0.1) is 0 Å². The van der Waals surface area contributed by atoms with E-state index in [9.17, 15) is 4.39 Å². The van der Waals surface area contributed by atoms with Crippen molar-refractivity contribution in [3.8, 4) is 5.75 Å². The fraction of sp³-hybridized carbons (Fsp3) is 0.200. The molecule has 0 saturated carbocycles. The molecule has 0 heterocycles. The molecule has 2 rings (SSSR count). The number of hydrogen-bond donors (Lipinski definition) is 1. The second-order valence-electron chi connectivity index (χ2n) is 4.41. The molecule has 2 aromatic rings. The van der Waals surface area contributed by atoms with Gasteiger partial charge in [-0.2, -0.15) is 0 Å². The molecule has 18 heavy (non-hydrogen) atoms. The minimum atomic E-state index is -0.406. The molecule has 0 radical (unpaired) electrons. The van der Waals surface area contributed by atoms with Gasteiger partial charge in [0.05, 0.1) is 5.69 Å². The van der Waals surface area contributed by atoms with Crippen molar-refractivity contribution in [1.82, 2.24) is 0 Å². The van der Waals surface area contributed by atoms with Crippen LogP contribution >= 0.6 is 0 Å². The van der Waals surface area contributed by atoms with Gasteiger partial charge in [0.1, 0.15) is 18.2 Å². The van der Waals surface area contributed by atoms with E-state index in [0.717, 1.165) is 16.9 Å². The summed E-state index contributed by atoms with van der Waals surface area (Å²) >= 11 is 0. The van der Waals surface area contributed by atoms with Gasteiger partial charge in [-0.25, -0.2) is 4.39 Å². The molecule has 3 heteroatoms. The van der Waals surface area contributed by atoms with E-state index in [1.165, 1.54) is 11.6 Å². The zero-order valence-corrected chi connectivity index (χ0v) is 10.5. The zero-order valence-electron chi connectivity index (χ0n) is 10.5. The van der Waals surface area contributed by atoms with Crippen molar-refractivity contribution in [2.75, 3.05) is 5.73 Å². The Morgan fingerprint density at radius 3 is 2.56 bits per heavy atom. The highest BCUT2D eigenvalue weighted by Crippen LogP contribution is 2.20. The second kappa shape index (κ2) is 5.08. The molecule has 0 aliphatic rings. The Balaban J connectivity index is 2.09. The monoisotopic (exact) mass is 245 g/mol. The van der Waals surface area contributed by atoms with Gasteiger partial charge in [-0.05, 0) is 43.2 Å². The van der Waals surface area contributed by atoms with Crippen LogP contribution in [0.1, 0.15) is 16.7 Å². The molecule has 0 fully saturated rings. The predicted molar refractivity (Wildman–Crippen MR) is 71.1 cm³/mol. The van der Waals surface area contributed by atoms with Gasteiger partial charge in [-0.1, -0.05) is 23.8 Å². The number of anilines is 1. The summed E-state index contributed by atoms with van der Waals surface area (Å²) in [6.07, 6.45) is 0. The van der Waals surface area contributed by atoms with Crippen LogP contribution in [0.25, 0.3) is 0 Å². The van der Waals surface area contributed by atoms with E-state index in [1.807, 2.05) is 26.0 Å². The Labute approximate surface area is 106 Å². The highest BCUT2D eigenvalue weighted by atomic mass is 19.1. The summed E-state index contributed by atoms with van der Waals surface area (Å²) in [5.41, 5.74) is 8.61. The maximum atomic E-state index is 13.3. The van der Waals surface area contributed by atoms with Crippen LogP contribution in [0.2, 0.25) is 0 Å². The second-order valence-corrected chi connectivity index (χ2v) is 4.41. The topological polar surface area (TPSA) is 35.2 Å². The van der Waals surface area contributed by atoms with Crippen LogP contribution in [0.4, 0.5) is 10.1 Å². The number of aryl methyl sites for hydroxylation is 2. The van der Waals surface area contributed by atoms with Gasteiger partial charge in [0, 0.05) is 0 Å². The van der Waals surface area contributed by atoms with Gasteiger partial charge in [0.2, 0.25) is 0 Å². The summed E-state index contributed by atoms with van der Waals surface area (Å²) in [7, 11) is 0. The van der Waals surface area contributed by atoms with Crippen molar-refractivity contribution in [2.45, 2.75) is 20.5 Å². The molecule has 0 bridgehead atoms. The molecular weight excluding hydrogens is 229 g/mol. The third-order valence-electron chi connectivity index (χ3n) is 2.79. The van der Waals surface area contributed by atoms with Crippen LogP contribution in [0.5, 0.6) is 5.75 Å². The Morgan fingerprint density at radius 1 is 1.11 bits per heavy atom. The van der Waals surface area contributed by atoms with E-state index < -0.39 is 5.82 Å². The summed E-state index contributed by atoms with van der Waals surface area (Å²) < 4.78 is 18.9. The Morgan fingerprint density at radius 2 is 1.89 bits per heavy atom. The van der Waals surface area contributed by atoms with Gasteiger partial charge in [-0.3, -0.25) is 0 Å². The van der Waals surface area contributed by atoms with E-state index in [1.54, 1.807) is 12.1 Å².